The molecule has 3 rings (SSSR count). The van der Waals surface area contributed by atoms with Crippen molar-refractivity contribution in [3.63, 3.8) is 0 Å². The molecule has 126 valence electrons. The molecule has 0 N–H and O–H groups in total. The monoisotopic (exact) mass is 331 g/mol. The molecule has 0 saturated carbocycles. The second-order valence-electron chi connectivity index (χ2n) is 6.16. The van der Waals surface area contributed by atoms with E-state index in [0.717, 1.165) is 11.3 Å². The maximum absolute atomic E-state index is 12.9. The summed E-state index contributed by atoms with van der Waals surface area (Å²) in [6, 6.07) is 24.1. The Labute approximate surface area is 149 Å². The highest BCUT2D eigenvalue weighted by Crippen LogP contribution is 2.18. The molecular weight excluding hydrogens is 308 g/mol. The third-order valence-corrected chi connectivity index (χ3v) is 4.19. The zero-order chi connectivity index (χ0) is 17.5. The Morgan fingerprint density at radius 1 is 0.880 bits per heavy atom. The van der Waals surface area contributed by atoms with Crippen LogP contribution in [0.5, 0.6) is 0 Å². The Hall–Kier alpha value is -2.94. The lowest BCUT2D eigenvalue weighted by atomic mass is 10.2. The first-order valence-corrected chi connectivity index (χ1v) is 8.57. The number of carbonyl (C=O) groups is 1. The van der Waals surface area contributed by atoms with E-state index in [2.05, 4.69) is 35.8 Å². The third-order valence-electron chi connectivity index (χ3n) is 4.19. The highest BCUT2D eigenvalue weighted by Gasteiger charge is 2.17. The summed E-state index contributed by atoms with van der Waals surface area (Å²) in [7, 11) is 0. The number of aryl methyl sites for hydroxylation is 2. The van der Waals surface area contributed by atoms with Crippen molar-refractivity contribution in [2.24, 2.45) is 0 Å². The molecule has 0 bridgehead atoms. The van der Waals surface area contributed by atoms with Crippen molar-refractivity contribution >= 4 is 11.6 Å². The maximum Gasteiger partial charge on any atom is 0.233 e. The zero-order valence-corrected chi connectivity index (χ0v) is 14.5. The van der Waals surface area contributed by atoms with E-state index in [1.807, 2.05) is 65.8 Å². The average Bonchev–Trinajstić information content (AvgIpc) is 2.67. The molecule has 1 amide bonds. The second-order valence-corrected chi connectivity index (χ2v) is 6.16. The van der Waals surface area contributed by atoms with Crippen LogP contribution in [0.25, 0.3) is 0 Å². The molecule has 0 atom stereocenters. The van der Waals surface area contributed by atoms with Crippen molar-refractivity contribution in [3.05, 3.63) is 96.3 Å². The second kappa shape index (κ2) is 8.25. The number of aromatic nitrogens is 1. The van der Waals surface area contributed by atoms with Crippen molar-refractivity contribution in [2.75, 3.05) is 4.90 Å². The number of para-hydroxylation sites is 1. The molecule has 0 aliphatic rings. The fourth-order valence-electron chi connectivity index (χ4n) is 2.74. The molecule has 0 unspecified atom stereocenters. The fraction of sp³-hybridized carbons (Fsp3) is 0.182. The minimum atomic E-state index is 0.128. The molecule has 25 heavy (non-hydrogen) atoms. The summed E-state index contributed by atoms with van der Waals surface area (Å²) >= 11 is 0. The lowest BCUT2D eigenvalue weighted by Crippen LogP contribution is -2.38. The molecule has 3 aromatic rings. The molecule has 0 radical (unpaired) electrons. The SMILES string of the molecule is Cc1cc[n+](CCC(=O)N(Cc2ccccc2)c2ccccc2)cc1. The van der Waals surface area contributed by atoms with E-state index in [1.54, 1.807) is 0 Å². The van der Waals surface area contributed by atoms with Gasteiger partial charge in [0.25, 0.3) is 0 Å². The topological polar surface area (TPSA) is 24.2 Å². The van der Waals surface area contributed by atoms with Crippen LogP contribution in [0.3, 0.4) is 0 Å². The fourth-order valence-corrected chi connectivity index (χ4v) is 2.74. The van der Waals surface area contributed by atoms with Gasteiger partial charge in [0, 0.05) is 17.8 Å². The van der Waals surface area contributed by atoms with E-state index in [-0.39, 0.29) is 5.91 Å². The highest BCUT2D eigenvalue weighted by molar-refractivity contribution is 5.93. The Morgan fingerprint density at radius 3 is 2.12 bits per heavy atom. The zero-order valence-electron chi connectivity index (χ0n) is 14.5. The van der Waals surface area contributed by atoms with E-state index in [4.69, 9.17) is 0 Å². The van der Waals surface area contributed by atoms with E-state index < -0.39 is 0 Å². The average molecular weight is 331 g/mol. The van der Waals surface area contributed by atoms with Gasteiger partial charge in [-0.15, -0.1) is 0 Å². The number of rotatable bonds is 6. The van der Waals surface area contributed by atoms with Crippen LogP contribution in [-0.2, 0) is 17.9 Å². The molecule has 1 aromatic heterocycles. The quantitative estimate of drug-likeness (QED) is 0.629. The Kier molecular flexibility index (Phi) is 5.57. The van der Waals surface area contributed by atoms with E-state index >= 15 is 0 Å². The largest absolute Gasteiger partial charge is 0.308 e. The summed E-state index contributed by atoms with van der Waals surface area (Å²) < 4.78 is 2.05. The van der Waals surface area contributed by atoms with Gasteiger partial charge >= 0.3 is 0 Å². The molecule has 0 aliphatic carbocycles. The van der Waals surface area contributed by atoms with Gasteiger partial charge in [-0.2, -0.15) is 0 Å². The number of hydrogen-bond acceptors (Lipinski definition) is 1. The molecule has 0 saturated heterocycles. The van der Waals surface area contributed by atoms with Gasteiger partial charge in [0.2, 0.25) is 5.91 Å². The number of nitrogens with zero attached hydrogens (tertiary/aromatic N) is 2. The van der Waals surface area contributed by atoms with Crippen LogP contribution in [0.2, 0.25) is 0 Å². The molecule has 0 aliphatic heterocycles. The number of amides is 1. The van der Waals surface area contributed by atoms with E-state index in [0.29, 0.717) is 19.5 Å². The lowest BCUT2D eigenvalue weighted by molar-refractivity contribution is -0.695. The standard InChI is InChI=1S/C22H23N2O/c1-19-12-15-23(16-13-19)17-14-22(25)24(21-10-6-3-7-11-21)18-20-8-4-2-5-9-20/h2-13,15-16H,14,17-18H2,1H3/q+1. The Morgan fingerprint density at radius 2 is 1.48 bits per heavy atom. The summed E-state index contributed by atoms with van der Waals surface area (Å²) in [4.78, 5) is 14.8. The summed E-state index contributed by atoms with van der Waals surface area (Å²) in [5.74, 6) is 0.128. The van der Waals surface area contributed by atoms with Crippen molar-refractivity contribution < 1.29 is 9.36 Å². The number of anilines is 1. The van der Waals surface area contributed by atoms with Gasteiger partial charge in [0.15, 0.2) is 18.9 Å². The summed E-state index contributed by atoms with van der Waals surface area (Å²) in [6.07, 6.45) is 4.51. The van der Waals surface area contributed by atoms with Gasteiger partial charge in [-0.25, -0.2) is 4.57 Å². The highest BCUT2D eigenvalue weighted by atomic mass is 16.2. The smallest absolute Gasteiger partial charge is 0.233 e. The third kappa shape index (κ3) is 4.77. The molecular formula is C22H23N2O+. The van der Waals surface area contributed by atoms with Gasteiger partial charge in [-0.3, -0.25) is 4.79 Å². The van der Waals surface area contributed by atoms with Gasteiger partial charge in [0.1, 0.15) is 0 Å². The number of hydrogen-bond donors (Lipinski definition) is 0. The number of carbonyl (C=O) groups excluding carboxylic acids is 1. The first-order valence-electron chi connectivity index (χ1n) is 8.57. The molecule has 3 nitrogen and oxygen atoms in total. The number of benzene rings is 2. The molecule has 2 aromatic carbocycles. The molecule has 3 heteroatoms. The van der Waals surface area contributed by atoms with Gasteiger partial charge in [0.05, 0.1) is 13.0 Å². The van der Waals surface area contributed by atoms with Crippen molar-refractivity contribution in [2.45, 2.75) is 26.4 Å². The van der Waals surface area contributed by atoms with Crippen molar-refractivity contribution in [1.29, 1.82) is 0 Å². The van der Waals surface area contributed by atoms with E-state index in [1.165, 1.54) is 5.56 Å². The molecule has 1 heterocycles. The van der Waals surface area contributed by atoms with Crippen LogP contribution >= 0.6 is 0 Å². The van der Waals surface area contributed by atoms with Crippen LogP contribution in [-0.4, -0.2) is 5.91 Å². The summed E-state index contributed by atoms with van der Waals surface area (Å²) in [5, 5.41) is 0. The van der Waals surface area contributed by atoms with Crippen molar-refractivity contribution in [1.82, 2.24) is 0 Å². The predicted molar refractivity (Wildman–Crippen MR) is 100 cm³/mol. The first-order chi connectivity index (χ1) is 12.2. The van der Waals surface area contributed by atoms with Gasteiger partial charge in [-0.1, -0.05) is 48.5 Å². The van der Waals surface area contributed by atoms with Crippen LogP contribution in [0.1, 0.15) is 17.5 Å². The van der Waals surface area contributed by atoms with Crippen LogP contribution in [0.4, 0.5) is 5.69 Å². The van der Waals surface area contributed by atoms with Crippen molar-refractivity contribution in [3.8, 4) is 0 Å². The van der Waals surface area contributed by atoms with Gasteiger partial charge < -0.3 is 4.90 Å². The summed E-state index contributed by atoms with van der Waals surface area (Å²) in [6.45, 7) is 3.33. The number of pyridine rings is 1. The predicted octanol–water partition coefficient (Wildman–Crippen LogP) is 3.91. The summed E-state index contributed by atoms with van der Waals surface area (Å²) in [5.41, 5.74) is 3.28. The molecule has 0 fully saturated rings. The maximum atomic E-state index is 12.9. The van der Waals surface area contributed by atoms with Crippen LogP contribution < -0.4 is 9.47 Å². The minimum Gasteiger partial charge on any atom is -0.308 e. The van der Waals surface area contributed by atoms with Crippen LogP contribution in [0.15, 0.2) is 85.2 Å². The van der Waals surface area contributed by atoms with E-state index in [9.17, 15) is 4.79 Å². The molecule has 0 spiro atoms. The minimum absolute atomic E-state index is 0.128. The first kappa shape index (κ1) is 16.9. The van der Waals surface area contributed by atoms with Crippen LogP contribution in [0, 0.1) is 6.92 Å². The Bertz CT molecular complexity index is 798. The normalized spacial score (nSPS) is 10.4. The Balaban J connectivity index is 1.74. The lowest BCUT2D eigenvalue weighted by Gasteiger charge is -2.22. The van der Waals surface area contributed by atoms with Gasteiger partial charge in [-0.05, 0) is 30.2 Å².